The van der Waals surface area contributed by atoms with Crippen LogP contribution in [0.1, 0.15) is 45.0 Å². The molecule has 2 aromatic rings. The minimum absolute atomic E-state index is 0.0193. The molecule has 6 heteroatoms. The first-order valence-electron chi connectivity index (χ1n) is 7.25. The van der Waals surface area contributed by atoms with Crippen molar-refractivity contribution in [3.63, 3.8) is 0 Å². The van der Waals surface area contributed by atoms with Crippen molar-refractivity contribution in [2.24, 2.45) is 5.92 Å². The van der Waals surface area contributed by atoms with E-state index in [2.05, 4.69) is 25.8 Å². The molecule has 1 fully saturated rings. The van der Waals surface area contributed by atoms with Gasteiger partial charge in [0.25, 0.3) is 0 Å². The van der Waals surface area contributed by atoms with Crippen LogP contribution < -0.4 is 0 Å². The molecule has 0 saturated carbocycles. The Kier molecular flexibility index (Phi) is 3.02. The molecule has 1 saturated heterocycles. The summed E-state index contributed by atoms with van der Waals surface area (Å²) < 4.78 is 1.89. The molecular weight excluding hydrogens is 282 g/mol. The lowest BCUT2D eigenvalue weighted by Crippen LogP contribution is -2.56. The summed E-state index contributed by atoms with van der Waals surface area (Å²) in [6.45, 7) is 8.12. The monoisotopic (exact) mass is 301 g/mol. The molecule has 6 nitrogen and oxygen atoms in total. The molecule has 1 aliphatic rings. The average molecular weight is 301 g/mol. The van der Waals surface area contributed by atoms with Crippen molar-refractivity contribution in [1.82, 2.24) is 14.3 Å². The Morgan fingerprint density at radius 3 is 2.55 bits per heavy atom. The highest BCUT2D eigenvalue weighted by Crippen LogP contribution is 2.39. The molecule has 22 heavy (non-hydrogen) atoms. The van der Waals surface area contributed by atoms with Crippen molar-refractivity contribution < 1.29 is 14.7 Å². The Balaban J connectivity index is 2.02. The quantitative estimate of drug-likeness (QED) is 0.822. The molecule has 2 atom stereocenters. The number of pyridine rings is 1. The van der Waals surface area contributed by atoms with Gasteiger partial charge in [-0.15, -0.1) is 0 Å². The average Bonchev–Trinajstić information content (AvgIpc) is 2.83. The fourth-order valence-electron chi connectivity index (χ4n) is 2.83. The molecule has 2 aromatic heterocycles. The number of aromatic nitrogens is 2. The number of likely N-dealkylation sites (tertiary alicyclic amines) is 1. The van der Waals surface area contributed by atoms with Gasteiger partial charge in [-0.25, -0.2) is 14.7 Å². The predicted octanol–water partition coefficient (Wildman–Crippen LogP) is 2.83. The first-order valence-corrected chi connectivity index (χ1v) is 7.25. The van der Waals surface area contributed by atoms with Gasteiger partial charge in [0.1, 0.15) is 5.65 Å². The largest absolute Gasteiger partial charge is 0.465 e. The van der Waals surface area contributed by atoms with Crippen molar-refractivity contribution in [2.45, 2.75) is 39.2 Å². The summed E-state index contributed by atoms with van der Waals surface area (Å²) >= 11 is 0. The van der Waals surface area contributed by atoms with E-state index in [-0.39, 0.29) is 17.2 Å². The molecule has 0 radical (unpaired) electrons. The molecule has 3 heterocycles. The summed E-state index contributed by atoms with van der Waals surface area (Å²) in [4.78, 5) is 28.2. The molecule has 3 rings (SSSR count). The van der Waals surface area contributed by atoms with E-state index in [4.69, 9.17) is 5.11 Å². The molecule has 0 bridgehead atoms. The van der Waals surface area contributed by atoms with Gasteiger partial charge in [-0.05, 0) is 17.0 Å². The van der Waals surface area contributed by atoms with Gasteiger partial charge in [0, 0.05) is 12.4 Å². The van der Waals surface area contributed by atoms with Crippen LogP contribution in [0.15, 0.2) is 24.5 Å². The van der Waals surface area contributed by atoms with E-state index in [0.717, 1.165) is 16.1 Å². The van der Waals surface area contributed by atoms with Crippen LogP contribution in [0.25, 0.3) is 5.65 Å². The maximum absolute atomic E-state index is 11.7. The second-order valence-electron chi connectivity index (χ2n) is 6.82. The van der Waals surface area contributed by atoms with Crippen LogP contribution in [0.2, 0.25) is 0 Å². The van der Waals surface area contributed by atoms with Crippen molar-refractivity contribution in [3.05, 3.63) is 35.8 Å². The van der Waals surface area contributed by atoms with Crippen LogP contribution in [0.3, 0.4) is 0 Å². The molecule has 0 aromatic carbocycles. The summed E-state index contributed by atoms with van der Waals surface area (Å²) in [5.41, 5.74) is 2.54. The van der Waals surface area contributed by atoms with Crippen molar-refractivity contribution in [3.8, 4) is 0 Å². The highest BCUT2D eigenvalue weighted by molar-refractivity contribution is 5.98. The molecule has 1 aliphatic heterocycles. The van der Waals surface area contributed by atoms with Gasteiger partial charge in [0.05, 0.1) is 17.7 Å². The number of carbonyl (C=O) groups is 2. The van der Waals surface area contributed by atoms with Crippen molar-refractivity contribution in [2.75, 3.05) is 0 Å². The number of carbonyl (C=O) groups excluding carboxylic acids is 1. The van der Waals surface area contributed by atoms with Crippen LogP contribution in [0.5, 0.6) is 0 Å². The molecule has 0 spiro atoms. The standard InChI is InChI=1S/C16H19N3O3/c1-9-13(19(14(9)20)15(21)22)11-8-18-7-10(16(2,3)4)5-6-12(18)17-11/h5-9,13H,1-4H3,(H,21,22). The SMILES string of the molecule is CC1C(=O)N(C(=O)O)C1c1cn2cc(C(C)(C)C)ccc2n1. The maximum atomic E-state index is 11.7. The zero-order valence-electron chi connectivity index (χ0n) is 13.1. The van der Waals surface area contributed by atoms with E-state index in [1.165, 1.54) is 0 Å². The minimum atomic E-state index is -1.22. The van der Waals surface area contributed by atoms with Crippen molar-refractivity contribution >= 4 is 17.6 Å². The number of fused-ring (bicyclic) bond motifs is 1. The van der Waals surface area contributed by atoms with E-state index < -0.39 is 12.1 Å². The van der Waals surface area contributed by atoms with Gasteiger partial charge < -0.3 is 9.51 Å². The topological polar surface area (TPSA) is 74.9 Å². The number of imide groups is 1. The third-order valence-corrected chi connectivity index (χ3v) is 4.22. The van der Waals surface area contributed by atoms with E-state index in [1.807, 2.05) is 28.9 Å². The van der Waals surface area contributed by atoms with Gasteiger partial charge in [-0.1, -0.05) is 33.8 Å². The highest BCUT2D eigenvalue weighted by atomic mass is 16.4. The Labute approximate surface area is 128 Å². The summed E-state index contributed by atoms with van der Waals surface area (Å²) in [7, 11) is 0. The molecule has 2 unspecified atom stereocenters. The second-order valence-corrected chi connectivity index (χ2v) is 6.82. The van der Waals surface area contributed by atoms with Gasteiger partial charge in [0.2, 0.25) is 5.91 Å². The van der Waals surface area contributed by atoms with Gasteiger partial charge in [-0.2, -0.15) is 0 Å². The Morgan fingerprint density at radius 1 is 1.27 bits per heavy atom. The van der Waals surface area contributed by atoms with Crippen LogP contribution >= 0.6 is 0 Å². The smallest absolute Gasteiger partial charge is 0.414 e. The summed E-state index contributed by atoms with van der Waals surface area (Å²) in [5, 5.41) is 9.15. The van der Waals surface area contributed by atoms with Crippen LogP contribution in [0.4, 0.5) is 4.79 Å². The first-order chi connectivity index (χ1) is 10.2. The lowest BCUT2D eigenvalue weighted by atomic mass is 9.87. The van der Waals surface area contributed by atoms with Crippen LogP contribution in [-0.4, -0.2) is 31.4 Å². The predicted molar refractivity (Wildman–Crippen MR) is 80.7 cm³/mol. The molecule has 2 amide bonds. The van der Waals surface area contributed by atoms with Crippen molar-refractivity contribution in [1.29, 1.82) is 0 Å². The lowest BCUT2D eigenvalue weighted by molar-refractivity contribution is -0.151. The second kappa shape index (κ2) is 4.56. The van der Waals surface area contributed by atoms with E-state index in [1.54, 1.807) is 6.92 Å². The zero-order chi connectivity index (χ0) is 16.2. The van der Waals surface area contributed by atoms with E-state index in [9.17, 15) is 9.59 Å². The Hall–Kier alpha value is -2.37. The fraction of sp³-hybridized carbons (Fsp3) is 0.438. The van der Waals surface area contributed by atoms with Gasteiger partial charge >= 0.3 is 6.09 Å². The number of hydrogen-bond donors (Lipinski definition) is 1. The van der Waals surface area contributed by atoms with E-state index in [0.29, 0.717) is 5.69 Å². The Bertz CT molecular complexity index is 773. The Morgan fingerprint density at radius 2 is 1.95 bits per heavy atom. The summed E-state index contributed by atoms with van der Waals surface area (Å²) in [6.07, 6.45) is 2.59. The molecule has 116 valence electrons. The fourth-order valence-corrected chi connectivity index (χ4v) is 2.83. The van der Waals surface area contributed by atoms with E-state index >= 15 is 0 Å². The maximum Gasteiger partial charge on any atom is 0.414 e. The number of hydrogen-bond acceptors (Lipinski definition) is 3. The van der Waals surface area contributed by atoms with Crippen LogP contribution in [-0.2, 0) is 10.2 Å². The minimum Gasteiger partial charge on any atom is -0.465 e. The summed E-state index contributed by atoms with van der Waals surface area (Å²) in [5.74, 6) is -0.729. The number of rotatable bonds is 1. The highest BCUT2D eigenvalue weighted by Gasteiger charge is 2.50. The zero-order valence-corrected chi connectivity index (χ0v) is 13.1. The number of carboxylic acid groups (broad SMARTS) is 1. The lowest BCUT2D eigenvalue weighted by Gasteiger charge is -2.41. The first kappa shape index (κ1) is 14.6. The van der Waals surface area contributed by atoms with Crippen LogP contribution in [0, 0.1) is 5.92 Å². The normalized spacial score (nSPS) is 22.0. The van der Waals surface area contributed by atoms with Gasteiger partial charge in [0.15, 0.2) is 0 Å². The number of nitrogens with zero attached hydrogens (tertiary/aromatic N) is 3. The number of β-lactam (4-membered cyclic amide) rings is 1. The molecule has 0 aliphatic carbocycles. The third-order valence-electron chi connectivity index (χ3n) is 4.22. The van der Waals surface area contributed by atoms with Gasteiger partial charge in [-0.3, -0.25) is 4.79 Å². The number of imidazole rings is 1. The molecule has 1 N–H and O–H groups in total. The number of amides is 2. The third kappa shape index (κ3) is 2.06. The summed E-state index contributed by atoms with van der Waals surface area (Å²) in [6, 6.07) is 3.44. The molecular formula is C16H19N3O3.